The van der Waals surface area contributed by atoms with Crippen LogP contribution < -0.4 is 15.5 Å². The van der Waals surface area contributed by atoms with Crippen LogP contribution in [-0.2, 0) is 11.2 Å². The molecule has 36 heavy (non-hydrogen) atoms. The average Bonchev–Trinajstić information content (AvgIpc) is 3.45. The molecule has 5 heterocycles. The minimum atomic E-state index is -0.243. The Morgan fingerprint density at radius 3 is 2.89 bits per heavy atom. The second kappa shape index (κ2) is 9.39. The fraction of sp³-hybridized carbons (Fsp3) is 0.333. The van der Waals surface area contributed by atoms with Crippen molar-refractivity contribution in [2.75, 3.05) is 23.3 Å². The van der Waals surface area contributed by atoms with Gasteiger partial charge in [0.15, 0.2) is 0 Å². The highest BCUT2D eigenvalue weighted by Crippen LogP contribution is 2.47. The average molecular weight is 503 g/mol. The zero-order chi connectivity index (χ0) is 25.6. The summed E-state index contributed by atoms with van der Waals surface area (Å²) >= 11 is 1.49. The number of aryl methyl sites for hydroxylation is 1. The number of pyridine rings is 2. The summed E-state index contributed by atoms with van der Waals surface area (Å²) in [5.41, 5.74) is 4.97. The minimum Gasteiger partial charge on any atom is -0.380 e. The first-order valence-corrected chi connectivity index (χ1v) is 12.9. The molecule has 0 aliphatic carbocycles. The van der Waals surface area contributed by atoms with Crippen LogP contribution in [0.2, 0.25) is 0 Å². The van der Waals surface area contributed by atoms with E-state index in [0.717, 1.165) is 56.3 Å². The van der Waals surface area contributed by atoms with Crippen LogP contribution in [0.3, 0.4) is 0 Å². The summed E-state index contributed by atoms with van der Waals surface area (Å²) in [6.45, 7) is 15.4. The summed E-state index contributed by atoms with van der Waals surface area (Å²) in [4.78, 5) is 39.7. The third-order valence-corrected chi connectivity index (χ3v) is 7.73. The van der Waals surface area contributed by atoms with Crippen LogP contribution in [-0.4, -0.2) is 45.9 Å². The second-order valence-corrected chi connectivity index (χ2v) is 10.7. The van der Waals surface area contributed by atoms with E-state index in [1.807, 2.05) is 13.0 Å². The first kappa shape index (κ1) is 24.0. The van der Waals surface area contributed by atoms with Gasteiger partial charge in [-0.25, -0.2) is 9.78 Å². The predicted molar refractivity (Wildman–Crippen MR) is 146 cm³/mol. The van der Waals surface area contributed by atoms with Crippen molar-refractivity contribution in [1.82, 2.24) is 20.2 Å². The number of carbonyl (C=O) groups excluding carboxylic acids is 2. The number of carbonyl (C=O) groups is 2. The molecule has 3 aromatic rings. The normalized spacial score (nSPS) is 17.0. The van der Waals surface area contributed by atoms with Gasteiger partial charge in [0.25, 0.3) is 0 Å². The van der Waals surface area contributed by atoms with Crippen molar-refractivity contribution in [1.29, 1.82) is 0 Å². The highest BCUT2D eigenvalue weighted by molar-refractivity contribution is 7.20. The van der Waals surface area contributed by atoms with Crippen molar-refractivity contribution in [3.63, 3.8) is 0 Å². The Bertz CT molecular complexity index is 1390. The monoisotopic (exact) mass is 502 g/mol. The molecule has 8 nitrogen and oxygen atoms in total. The molecule has 9 heteroatoms. The van der Waals surface area contributed by atoms with Crippen LogP contribution in [0.4, 0.5) is 21.9 Å². The molecular formula is C27H30N6O2S. The SMILES string of the molecule is C=CC(=O)N1CC[C@@H](NC(=C)c2sc3nccc4c3c2NC(=O)N4c2cnc(CC(C)C)cc2C)C1. The topological polar surface area (TPSA) is 90.5 Å². The van der Waals surface area contributed by atoms with Gasteiger partial charge >= 0.3 is 6.03 Å². The minimum absolute atomic E-state index is 0.0647. The molecule has 0 bridgehead atoms. The fourth-order valence-electron chi connectivity index (χ4n) is 4.93. The Balaban J connectivity index is 1.47. The number of urea groups is 1. The van der Waals surface area contributed by atoms with Gasteiger partial charge in [-0.1, -0.05) is 27.0 Å². The van der Waals surface area contributed by atoms with Crippen molar-refractivity contribution in [3.05, 3.63) is 59.9 Å². The molecule has 186 valence electrons. The van der Waals surface area contributed by atoms with Gasteiger partial charge in [-0.2, -0.15) is 0 Å². The van der Waals surface area contributed by atoms with E-state index in [9.17, 15) is 9.59 Å². The van der Waals surface area contributed by atoms with E-state index in [0.29, 0.717) is 24.7 Å². The maximum Gasteiger partial charge on any atom is 0.331 e. The third kappa shape index (κ3) is 4.24. The number of thiophene rings is 1. The summed E-state index contributed by atoms with van der Waals surface area (Å²) in [7, 11) is 0. The molecule has 1 fully saturated rings. The Morgan fingerprint density at radius 2 is 2.17 bits per heavy atom. The molecule has 0 aromatic carbocycles. The number of anilines is 3. The van der Waals surface area contributed by atoms with E-state index in [2.05, 4.69) is 53.7 Å². The van der Waals surface area contributed by atoms with Crippen molar-refractivity contribution < 1.29 is 9.59 Å². The van der Waals surface area contributed by atoms with Gasteiger partial charge in [-0.15, -0.1) is 11.3 Å². The quantitative estimate of drug-likeness (QED) is 0.432. The van der Waals surface area contributed by atoms with Gasteiger partial charge in [0, 0.05) is 36.7 Å². The zero-order valence-corrected chi connectivity index (χ0v) is 21.6. The smallest absolute Gasteiger partial charge is 0.331 e. The summed E-state index contributed by atoms with van der Waals surface area (Å²) in [5.74, 6) is 0.439. The zero-order valence-electron chi connectivity index (χ0n) is 20.8. The Morgan fingerprint density at radius 1 is 1.36 bits per heavy atom. The van der Waals surface area contributed by atoms with Gasteiger partial charge < -0.3 is 15.5 Å². The van der Waals surface area contributed by atoms with Crippen LogP contribution in [0, 0.1) is 12.8 Å². The first-order chi connectivity index (χ1) is 17.3. The van der Waals surface area contributed by atoms with Crippen molar-refractivity contribution in [2.45, 2.75) is 39.7 Å². The Labute approximate surface area is 214 Å². The number of nitrogens with one attached hydrogen (secondary N) is 2. The Kier molecular flexibility index (Phi) is 6.26. The lowest BCUT2D eigenvalue weighted by molar-refractivity contribution is -0.125. The highest BCUT2D eigenvalue weighted by atomic mass is 32.1. The van der Waals surface area contributed by atoms with Crippen molar-refractivity contribution in [3.8, 4) is 0 Å². The largest absolute Gasteiger partial charge is 0.380 e. The molecule has 3 aromatic heterocycles. The van der Waals surface area contributed by atoms with Crippen molar-refractivity contribution >= 4 is 56.3 Å². The third-order valence-electron chi connectivity index (χ3n) is 6.57. The van der Waals surface area contributed by atoms with Gasteiger partial charge in [0.05, 0.1) is 33.5 Å². The maximum absolute atomic E-state index is 13.4. The highest BCUT2D eigenvalue weighted by Gasteiger charge is 2.33. The molecule has 2 aliphatic rings. The molecule has 3 amide bonds. The molecule has 0 spiro atoms. The molecule has 0 radical (unpaired) electrons. The summed E-state index contributed by atoms with van der Waals surface area (Å²) < 4.78 is 0. The van der Waals surface area contributed by atoms with Crippen molar-refractivity contribution in [2.24, 2.45) is 5.92 Å². The number of hydrogen-bond donors (Lipinski definition) is 2. The lowest BCUT2D eigenvalue weighted by Gasteiger charge is -2.29. The molecule has 0 unspecified atom stereocenters. The number of amides is 3. The predicted octanol–water partition coefficient (Wildman–Crippen LogP) is 5.23. The van der Waals surface area contributed by atoms with Gasteiger partial charge in [-0.05, 0) is 49.5 Å². The van der Waals surface area contributed by atoms with Crippen LogP contribution in [0.25, 0.3) is 15.9 Å². The van der Waals surface area contributed by atoms with Gasteiger partial charge in [0.1, 0.15) is 4.83 Å². The molecule has 1 saturated heterocycles. The lowest BCUT2D eigenvalue weighted by Crippen LogP contribution is -2.35. The summed E-state index contributed by atoms with van der Waals surface area (Å²) in [5, 5.41) is 7.43. The standard InChI is InChI=1S/C27H30N6O2S/c1-6-22(34)32-10-8-18(14-32)30-17(5)25-24-23-20(7-9-28-26(23)36-25)33(27(35)31-24)21-13-29-19(11-15(2)3)12-16(21)4/h6-7,9,12-13,15,18,30H,1,5,8,10-11,14H2,2-4H3,(H,31,35)/t18-/m1/s1. The van der Waals surface area contributed by atoms with E-state index < -0.39 is 0 Å². The number of nitrogens with zero attached hydrogens (tertiary/aromatic N) is 4. The van der Waals surface area contributed by atoms with E-state index in [4.69, 9.17) is 0 Å². The molecular weight excluding hydrogens is 472 g/mol. The molecule has 2 N–H and O–H groups in total. The van der Waals surface area contributed by atoms with Crippen LogP contribution in [0.1, 0.15) is 36.4 Å². The van der Waals surface area contributed by atoms with Crippen LogP contribution in [0.5, 0.6) is 0 Å². The molecule has 5 rings (SSSR count). The van der Waals surface area contributed by atoms with Gasteiger partial charge in [-0.3, -0.25) is 14.7 Å². The maximum atomic E-state index is 13.4. The van der Waals surface area contributed by atoms with E-state index in [1.165, 1.54) is 17.4 Å². The molecule has 1 atom stereocenters. The van der Waals surface area contributed by atoms with Crippen LogP contribution >= 0.6 is 11.3 Å². The summed E-state index contributed by atoms with van der Waals surface area (Å²) in [6, 6.07) is 3.77. The molecule has 2 aliphatic heterocycles. The lowest BCUT2D eigenvalue weighted by atomic mass is 10.0. The first-order valence-electron chi connectivity index (χ1n) is 12.1. The Hall–Kier alpha value is -3.72. The van der Waals surface area contributed by atoms with Crippen LogP contribution in [0.15, 0.2) is 43.8 Å². The number of hydrogen-bond acceptors (Lipinski definition) is 6. The van der Waals surface area contributed by atoms with Gasteiger partial charge in [0.2, 0.25) is 5.91 Å². The summed E-state index contributed by atoms with van der Waals surface area (Å²) in [6.07, 6.45) is 6.57. The number of rotatable bonds is 7. The second-order valence-electron chi connectivity index (χ2n) is 9.74. The fourth-order valence-corrected chi connectivity index (χ4v) is 5.98. The number of likely N-dealkylation sites (tertiary alicyclic amines) is 1. The van der Waals surface area contributed by atoms with E-state index in [1.54, 1.807) is 22.2 Å². The van der Waals surface area contributed by atoms with E-state index >= 15 is 0 Å². The number of aromatic nitrogens is 2. The van der Waals surface area contributed by atoms with E-state index in [-0.39, 0.29) is 18.0 Å². The molecule has 0 saturated carbocycles.